The number of esters is 2. The number of hydrogen-bond donors (Lipinski definition) is 4. The van der Waals surface area contributed by atoms with E-state index in [2.05, 4.69) is 14.1 Å². The molecule has 4 atom stereocenters. The average Bonchev–Trinajstić information content (AvgIpc) is 3.41. The van der Waals surface area contributed by atoms with Crippen molar-refractivity contribution in [3.63, 3.8) is 0 Å². The van der Waals surface area contributed by atoms with Crippen LogP contribution >= 0.6 is 0 Å². The Bertz CT molecular complexity index is 2570. The Morgan fingerprint density at radius 2 is 1.03 bits per heavy atom. The Morgan fingerprint density at radius 3 is 1.55 bits per heavy atom. The van der Waals surface area contributed by atoms with Crippen LogP contribution in [0.3, 0.4) is 0 Å². The zero-order valence-corrected chi connectivity index (χ0v) is 44.0. The molecule has 2 heterocycles. The smallest absolute Gasteiger partial charge is 0.331 e. The highest BCUT2D eigenvalue weighted by Crippen LogP contribution is 2.52. The number of aliphatic hydroxyl groups excluding tert-OH is 4. The Balaban J connectivity index is 1.12. The van der Waals surface area contributed by atoms with Crippen molar-refractivity contribution in [1.82, 2.24) is 0 Å². The lowest BCUT2D eigenvalue weighted by molar-refractivity contribution is -0.941. The Kier molecular flexibility index (Phi) is 19.3. The molecule has 0 amide bonds. The second-order valence-corrected chi connectivity index (χ2v) is 18.7. The number of nitrogens with zero attached hydrogens (tertiary/aromatic N) is 2. The summed E-state index contributed by atoms with van der Waals surface area (Å²) >= 11 is 0. The fourth-order valence-corrected chi connectivity index (χ4v) is 11.0. The number of methoxy groups -OCH3 is 8. The van der Waals surface area contributed by atoms with Crippen molar-refractivity contribution in [2.45, 2.75) is 70.6 Å². The Morgan fingerprint density at radius 1 is 0.534 bits per heavy atom. The van der Waals surface area contributed by atoms with Crippen molar-refractivity contribution in [3.8, 4) is 46.0 Å². The lowest BCUT2D eigenvalue weighted by Gasteiger charge is -2.47. The van der Waals surface area contributed by atoms with Crippen LogP contribution in [0.2, 0.25) is 0 Å². The molecule has 6 rings (SSSR count). The lowest BCUT2D eigenvalue weighted by atomic mass is 9.82. The van der Waals surface area contributed by atoms with Crippen molar-refractivity contribution < 1.29 is 86.3 Å². The van der Waals surface area contributed by atoms with Gasteiger partial charge in [-0.3, -0.25) is 0 Å². The Labute approximate surface area is 428 Å². The molecule has 0 fully saturated rings. The first-order chi connectivity index (χ1) is 35.2. The number of hydrogen-bond acceptors (Lipinski definition) is 16. The topological polar surface area (TPSA) is 207 Å². The van der Waals surface area contributed by atoms with Gasteiger partial charge in [-0.25, -0.2) is 9.59 Å². The van der Waals surface area contributed by atoms with E-state index in [1.54, 1.807) is 35.5 Å². The number of rotatable bonds is 25. The molecule has 4 aromatic carbocycles. The molecule has 4 N–H and O–H groups in total. The highest BCUT2D eigenvalue weighted by atomic mass is 16.5. The molecule has 18 heteroatoms. The van der Waals surface area contributed by atoms with Gasteiger partial charge in [-0.1, -0.05) is 6.07 Å². The molecule has 73 heavy (non-hydrogen) atoms. The molecule has 0 saturated carbocycles. The third-order valence-electron chi connectivity index (χ3n) is 14.6. The summed E-state index contributed by atoms with van der Waals surface area (Å²) in [6, 6.07) is 11.0. The van der Waals surface area contributed by atoms with E-state index in [-0.39, 0.29) is 51.7 Å². The maximum Gasteiger partial charge on any atom is 0.331 e. The number of quaternary nitrogens is 2. The quantitative estimate of drug-likeness (QED) is 0.0290. The minimum atomic E-state index is -0.688. The first-order valence-electron chi connectivity index (χ1n) is 24.4. The maximum absolute atomic E-state index is 13.0. The molecule has 2 aliphatic rings. The minimum absolute atomic E-state index is 0.0663. The average molecular weight is 1020 g/mol. The van der Waals surface area contributed by atoms with Crippen molar-refractivity contribution in [2.75, 3.05) is 110 Å². The monoisotopic (exact) mass is 1020 g/mol. The number of likely N-dealkylation sites (N-methyl/N-ethyl adjacent to an activating group) is 2. The molecule has 0 bridgehead atoms. The molecule has 0 aromatic heterocycles. The summed E-state index contributed by atoms with van der Waals surface area (Å²) in [5, 5.41) is 41.4. The van der Waals surface area contributed by atoms with Crippen LogP contribution in [-0.2, 0) is 64.8 Å². The standard InChI is InChI=1S/C55H74N2O16/c1-56(19-15-36-28-45(66-5)54(70-9)55(71-10)48(36)42(56)24-34-23-39(31-59)51(67-6)43(25-34)64-3)17-11-21-72-46(62)13-14-47(63)73-22-12-18-57(2)20-16-35-26-38(30-58)41(33-61)53(69-8)49(35)50(57)37-27-40(32-60)52(68-7)44(29-37)65-4/h13-14,23,25-29,42,50,58-61H,11-12,15-22,24,30-33H2,1-10H3/q+2/b14-13-. The summed E-state index contributed by atoms with van der Waals surface area (Å²) in [5.74, 6) is 2.60. The van der Waals surface area contributed by atoms with Crippen LogP contribution in [0.4, 0.5) is 0 Å². The van der Waals surface area contributed by atoms with Crippen LogP contribution < -0.4 is 37.9 Å². The van der Waals surface area contributed by atoms with Gasteiger partial charge in [0, 0.05) is 66.5 Å². The normalized spacial score (nSPS) is 19.1. The Hall–Kier alpha value is -6.28. The van der Waals surface area contributed by atoms with Crippen LogP contribution in [0, 0.1) is 0 Å². The van der Waals surface area contributed by atoms with Crippen LogP contribution in [0.25, 0.3) is 0 Å². The molecule has 0 radical (unpaired) electrons. The largest absolute Gasteiger partial charge is 0.496 e. The van der Waals surface area contributed by atoms with Gasteiger partial charge in [-0.05, 0) is 52.6 Å². The van der Waals surface area contributed by atoms with Gasteiger partial charge in [-0.15, -0.1) is 0 Å². The van der Waals surface area contributed by atoms with Crippen molar-refractivity contribution in [3.05, 3.63) is 104 Å². The van der Waals surface area contributed by atoms with Gasteiger partial charge in [0.15, 0.2) is 34.5 Å². The SMILES string of the molecule is COc1cc(CC2c3c(cc(OC)c(OC)c3OC)CC[N+]2(C)CCCOC(=O)/C=C\C(=O)OCCC[N+]2(C)CCc3cc(CO)c(CO)c(OC)c3C2c2cc(CO)c(OC)c(OC)c2)cc(CO)c1OC. The van der Waals surface area contributed by atoms with E-state index in [0.717, 1.165) is 58.5 Å². The minimum Gasteiger partial charge on any atom is -0.496 e. The second-order valence-electron chi connectivity index (χ2n) is 18.7. The number of carbonyl (C=O) groups excluding carboxylic acids is 2. The zero-order valence-electron chi connectivity index (χ0n) is 44.0. The lowest BCUT2D eigenvalue weighted by Crippen LogP contribution is -2.53. The van der Waals surface area contributed by atoms with Gasteiger partial charge in [-0.2, -0.15) is 0 Å². The molecule has 2 aliphatic heterocycles. The third-order valence-corrected chi connectivity index (χ3v) is 14.6. The van der Waals surface area contributed by atoms with E-state index in [1.165, 1.54) is 21.3 Å². The molecule has 0 aliphatic carbocycles. The van der Waals surface area contributed by atoms with Crippen molar-refractivity contribution in [2.24, 2.45) is 0 Å². The first kappa shape index (κ1) is 56.0. The van der Waals surface area contributed by atoms with Crippen LogP contribution in [0.5, 0.6) is 46.0 Å². The van der Waals surface area contributed by atoms with E-state index in [9.17, 15) is 30.0 Å². The molecular weight excluding hydrogens is 945 g/mol. The van der Waals surface area contributed by atoms with E-state index in [4.69, 9.17) is 47.4 Å². The molecule has 0 saturated heterocycles. The third kappa shape index (κ3) is 11.7. The number of fused-ring (bicyclic) bond motifs is 2. The van der Waals surface area contributed by atoms with E-state index < -0.39 is 11.9 Å². The molecule has 0 spiro atoms. The molecule has 4 aromatic rings. The molecule has 18 nitrogen and oxygen atoms in total. The van der Waals surface area contributed by atoms with Gasteiger partial charge in [0.25, 0.3) is 0 Å². The zero-order chi connectivity index (χ0) is 53.0. The predicted molar refractivity (Wildman–Crippen MR) is 270 cm³/mol. The summed E-state index contributed by atoms with van der Waals surface area (Å²) in [6.45, 7) is 1.61. The van der Waals surface area contributed by atoms with E-state index in [0.29, 0.717) is 123 Å². The highest BCUT2D eigenvalue weighted by Gasteiger charge is 2.45. The van der Waals surface area contributed by atoms with Crippen molar-refractivity contribution in [1.29, 1.82) is 0 Å². The van der Waals surface area contributed by atoms with Crippen LogP contribution in [-0.4, -0.2) is 152 Å². The fraction of sp³-hybridized carbons (Fsp3) is 0.491. The van der Waals surface area contributed by atoms with Crippen molar-refractivity contribution >= 4 is 11.9 Å². The summed E-state index contributed by atoms with van der Waals surface area (Å²) in [4.78, 5) is 25.9. The number of benzene rings is 4. The molecule has 398 valence electrons. The summed E-state index contributed by atoms with van der Waals surface area (Å²) in [6.07, 6.45) is 5.02. The molecular formula is C55H74N2O16+2. The van der Waals surface area contributed by atoms with Gasteiger partial charge in [0.2, 0.25) is 5.75 Å². The van der Waals surface area contributed by atoms with Crippen LogP contribution in [0.1, 0.15) is 80.6 Å². The number of carbonyl (C=O) groups is 2. The fourth-order valence-electron chi connectivity index (χ4n) is 11.0. The van der Waals surface area contributed by atoms with E-state index in [1.807, 2.05) is 36.4 Å². The van der Waals surface area contributed by atoms with Gasteiger partial charge in [0.1, 0.15) is 17.8 Å². The van der Waals surface area contributed by atoms with Gasteiger partial charge < -0.3 is 76.8 Å². The van der Waals surface area contributed by atoms with Crippen LogP contribution in [0.15, 0.2) is 48.6 Å². The summed E-state index contributed by atoms with van der Waals surface area (Å²) < 4.78 is 58.4. The van der Waals surface area contributed by atoms with E-state index >= 15 is 0 Å². The predicted octanol–water partition coefficient (Wildman–Crippen LogP) is 5.23. The maximum atomic E-state index is 13.0. The molecule has 4 unspecified atom stereocenters. The van der Waals surface area contributed by atoms with Gasteiger partial charge >= 0.3 is 11.9 Å². The second kappa shape index (κ2) is 25.1. The first-order valence-corrected chi connectivity index (χ1v) is 24.4. The summed E-state index contributed by atoms with van der Waals surface area (Å²) in [7, 11) is 16.8. The highest BCUT2D eigenvalue weighted by molar-refractivity contribution is 5.91. The number of aliphatic hydroxyl groups is 4. The number of ether oxygens (including phenoxy) is 10. The van der Waals surface area contributed by atoms with Gasteiger partial charge in [0.05, 0.1) is 148 Å². The summed E-state index contributed by atoms with van der Waals surface area (Å²) in [5.41, 5.74) is 7.80.